The van der Waals surface area contributed by atoms with Crippen LogP contribution < -0.4 is 0 Å². The third kappa shape index (κ3) is 5.70. The first-order valence-electron chi connectivity index (χ1n) is 7.82. The zero-order valence-corrected chi connectivity index (χ0v) is 13.1. The molecule has 1 aliphatic rings. The highest BCUT2D eigenvalue weighted by molar-refractivity contribution is 5.94. The molecule has 1 heterocycles. The molecule has 1 rings (SSSR count). The summed E-state index contributed by atoms with van der Waals surface area (Å²) in [6.07, 6.45) is 14.6. The number of ether oxygens (including phenoxy) is 1. The average Bonchev–Trinajstić information content (AvgIpc) is 2.80. The Kier molecular flexibility index (Phi) is 7.73. The third-order valence-electron chi connectivity index (χ3n) is 3.87. The van der Waals surface area contributed by atoms with Crippen molar-refractivity contribution in [2.45, 2.75) is 46.0 Å². The van der Waals surface area contributed by atoms with Gasteiger partial charge in [0.1, 0.15) is 0 Å². The second kappa shape index (κ2) is 9.32. The van der Waals surface area contributed by atoms with Crippen LogP contribution in [-0.4, -0.2) is 11.9 Å². The Bertz CT molecular complexity index is 420. The zero-order chi connectivity index (χ0) is 15.7. The fraction of sp³-hybridized carbons (Fsp3) is 0.556. The minimum atomic E-state index is -0.401. The second-order valence-electron chi connectivity index (χ2n) is 5.42. The number of cyclic esters (lactones) is 2. The smallest absolute Gasteiger partial charge is 0.317 e. The van der Waals surface area contributed by atoms with E-state index in [-0.39, 0.29) is 24.2 Å². The Labute approximate surface area is 127 Å². The summed E-state index contributed by atoms with van der Waals surface area (Å²) in [4.78, 5) is 22.8. The zero-order valence-electron chi connectivity index (χ0n) is 13.1. The lowest BCUT2D eigenvalue weighted by Crippen LogP contribution is -2.17. The van der Waals surface area contributed by atoms with E-state index >= 15 is 0 Å². The molecule has 0 saturated carbocycles. The van der Waals surface area contributed by atoms with Crippen LogP contribution >= 0.6 is 0 Å². The number of hydrogen-bond acceptors (Lipinski definition) is 3. The molecule has 0 amide bonds. The fourth-order valence-corrected chi connectivity index (χ4v) is 2.52. The highest BCUT2D eigenvalue weighted by atomic mass is 16.6. The van der Waals surface area contributed by atoms with Crippen molar-refractivity contribution in [1.29, 1.82) is 0 Å². The van der Waals surface area contributed by atoms with Crippen molar-refractivity contribution >= 4 is 11.9 Å². The summed E-state index contributed by atoms with van der Waals surface area (Å²) in [5.74, 6) is -0.727. The molecule has 0 aromatic carbocycles. The van der Waals surface area contributed by atoms with E-state index in [1.54, 1.807) is 0 Å². The van der Waals surface area contributed by atoms with Crippen molar-refractivity contribution in [1.82, 2.24) is 0 Å². The van der Waals surface area contributed by atoms with Gasteiger partial charge < -0.3 is 4.74 Å². The molecule has 1 aliphatic heterocycles. The lowest BCUT2D eigenvalue weighted by Gasteiger charge is -2.15. The molecule has 1 saturated heterocycles. The number of allylic oxidation sites excluding steroid dienone is 5. The van der Waals surface area contributed by atoms with Crippen LogP contribution in [0.4, 0.5) is 0 Å². The SMILES string of the molecule is C=CC(/C=C/C(CC)C1CC(=O)OC1=O)CC/C=C\CC. The number of carbonyl (C=O) groups excluding carboxylic acids is 2. The van der Waals surface area contributed by atoms with Gasteiger partial charge in [-0.15, -0.1) is 6.58 Å². The van der Waals surface area contributed by atoms with Gasteiger partial charge in [-0.2, -0.15) is 0 Å². The number of esters is 2. The molecule has 0 aromatic rings. The molecule has 21 heavy (non-hydrogen) atoms. The van der Waals surface area contributed by atoms with Gasteiger partial charge in [-0.25, -0.2) is 0 Å². The topological polar surface area (TPSA) is 43.4 Å². The summed E-state index contributed by atoms with van der Waals surface area (Å²) in [6, 6.07) is 0. The lowest BCUT2D eigenvalue weighted by molar-refractivity contribution is -0.153. The van der Waals surface area contributed by atoms with Crippen molar-refractivity contribution < 1.29 is 14.3 Å². The monoisotopic (exact) mass is 290 g/mol. The van der Waals surface area contributed by atoms with Gasteiger partial charge in [0.2, 0.25) is 0 Å². The molecule has 3 atom stereocenters. The second-order valence-corrected chi connectivity index (χ2v) is 5.42. The van der Waals surface area contributed by atoms with Crippen LogP contribution in [0.25, 0.3) is 0 Å². The molecule has 0 aromatic heterocycles. The maximum atomic E-state index is 11.6. The summed E-state index contributed by atoms with van der Waals surface area (Å²) < 4.78 is 4.64. The van der Waals surface area contributed by atoms with Crippen molar-refractivity contribution in [3.8, 4) is 0 Å². The predicted octanol–water partition coefficient (Wildman–Crippen LogP) is 4.21. The van der Waals surface area contributed by atoms with Crippen molar-refractivity contribution in [2.75, 3.05) is 0 Å². The molecule has 1 fully saturated rings. The van der Waals surface area contributed by atoms with Gasteiger partial charge in [0.25, 0.3) is 0 Å². The Hall–Kier alpha value is -1.64. The highest BCUT2D eigenvalue weighted by Gasteiger charge is 2.37. The number of hydrogen-bond donors (Lipinski definition) is 0. The molecular weight excluding hydrogens is 264 g/mol. The summed E-state index contributed by atoms with van der Waals surface area (Å²) in [5, 5.41) is 0. The standard InChI is InChI=1S/C18H26O3/c1-4-7-8-9-10-14(5-2)11-12-15(6-3)16-13-17(19)21-18(16)20/h5,7-8,11-12,14-16H,2,4,6,9-10,13H2,1,3H3/b8-7-,12-11+. The lowest BCUT2D eigenvalue weighted by atomic mass is 9.87. The van der Waals surface area contributed by atoms with Gasteiger partial charge in [-0.05, 0) is 37.5 Å². The van der Waals surface area contributed by atoms with E-state index in [1.807, 2.05) is 13.0 Å². The van der Waals surface area contributed by atoms with Crippen molar-refractivity contribution in [3.05, 3.63) is 37.0 Å². The molecule has 116 valence electrons. The minimum absolute atomic E-state index is 0.0672. The fourth-order valence-electron chi connectivity index (χ4n) is 2.52. The first-order chi connectivity index (χ1) is 10.1. The van der Waals surface area contributed by atoms with Crippen LogP contribution in [0.5, 0.6) is 0 Å². The maximum absolute atomic E-state index is 11.6. The van der Waals surface area contributed by atoms with Crippen LogP contribution in [0.15, 0.2) is 37.0 Å². The summed E-state index contributed by atoms with van der Waals surface area (Å²) >= 11 is 0. The molecule has 3 unspecified atom stereocenters. The van der Waals surface area contributed by atoms with E-state index < -0.39 is 5.97 Å². The molecule has 3 heteroatoms. The quantitative estimate of drug-likeness (QED) is 0.363. The Balaban J connectivity index is 2.57. The first-order valence-corrected chi connectivity index (χ1v) is 7.82. The normalized spacial score (nSPS) is 21.9. The van der Waals surface area contributed by atoms with Crippen molar-refractivity contribution in [2.24, 2.45) is 17.8 Å². The van der Waals surface area contributed by atoms with Crippen LogP contribution in [0.2, 0.25) is 0 Å². The summed E-state index contributed by atoms with van der Waals surface area (Å²) in [7, 11) is 0. The van der Waals surface area contributed by atoms with Crippen LogP contribution in [0.3, 0.4) is 0 Å². The van der Waals surface area contributed by atoms with E-state index in [9.17, 15) is 9.59 Å². The first kappa shape index (κ1) is 17.4. The maximum Gasteiger partial charge on any atom is 0.317 e. The van der Waals surface area contributed by atoms with Gasteiger partial charge in [0.15, 0.2) is 0 Å². The Morgan fingerprint density at radius 3 is 2.57 bits per heavy atom. The van der Waals surface area contributed by atoms with Crippen LogP contribution in [-0.2, 0) is 14.3 Å². The number of rotatable bonds is 9. The van der Waals surface area contributed by atoms with E-state index in [0.717, 1.165) is 25.7 Å². The highest BCUT2D eigenvalue weighted by Crippen LogP contribution is 2.28. The van der Waals surface area contributed by atoms with Crippen LogP contribution in [0, 0.1) is 17.8 Å². The van der Waals surface area contributed by atoms with Gasteiger partial charge in [0.05, 0.1) is 12.3 Å². The van der Waals surface area contributed by atoms with Crippen LogP contribution in [0.1, 0.15) is 46.0 Å². The van der Waals surface area contributed by atoms with Gasteiger partial charge >= 0.3 is 11.9 Å². The molecule has 3 nitrogen and oxygen atoms in total. The van der Waals surface area contributed by atoms with E-state index in [2.05, 4.69) is 42.5 Å². The molecule has 0 radical (unpaired) electrons. The average molecular weight is 290 g/mol. The molecule has 0 bridgehead atoms. The molecular formula is C18H26O3. The van der Waals surface area contributed by atoms with Gasteiger partial charge in [-0.3, -0.25) is 9.59 Å². The van der Waals surface area contributed by atoms with E-state index in [0.29, 0.717) is 5.92 Å². The van der Waals surface area contributed by atoms with Crippen molar-refractivity contribution in [3.63, 3.8) is 0 Å². The molecule has 0 spiro atoms. The number of carbonyl (C=O) groups is 2. The Morgan fingerprint density at radius 1 is 1.29 bits per heavy atom. The molecule has 0 aliphatic carbocycles. The summed E-state index contributed by atoms with van der Waals surface area (Å²) in [5.41, 5.74) is 0. The Morgan fingerprint density at radius 2 is 2.05 bits per heavy atom. The predicted molar refractivity (Wildman–Crippen MR) is 84.5 cm³/mol. The summed E-state index contributed by atoms with van der Waals surface area (Å²) in [6.45, 7) is 8.01. The molecule has 0 N–H and O–H groups in total. The van der Waals surface area contributed by atoms with Gasteiger partial charge in [0, 0.05) is 0 Å². The third-order valence-corrected chi connectivity index (χ3v) is 3.87. The minimum Gasteiger partial charge on any atom is -0.393 e. The largest absolute Gasteiger partial charge is 0.393 e. The van der Waals surface area contributed by atoms with E-state index in [1.165, 1.54) is 0 Å². The van der Waals surface area contributed by atoms with E-state index in [4.69, 9.17) is 0 Å². The van der Waals surface area contributed by atoms with Gasteiger partial charge in [-0.1, -0.05) is 44.2 Å².